The van der Waals surface area contributed by atoms with E-state index in [4.69, 9.17) is 9.47 Å². The summed E-state index contributed by atoms with van der Waals surface area (Å²) < 4.78 is 11.6. The van der Waals surface area contributed by atoms with Gasteiger partial charge in [-0.15, -0.1) is 0 Å². The van der Waals surface area contributed by atoms with Crippen LogP contribution < -0.4 is 4.90 Å². The predicted molar refractivity (Wildman–Crippen MR) is 91.0 cm³/mol. The number of aromatic nitrogens is 1. The van der Waals surface area contributed by atoms with E-state index >= 15 is 0 Å². The Morgan fingerprint density at radius 1 is 1.17 bits per heavy atom. The summed E-state index contributed by atoms with van der Waals surface area (Å²) >= 11 is 1.63. The lowest BCUT2D eigenvalue weighted by atomic mass is 10.1. The van der Waals surface area contributed by atoms with Gasteiger partial charge in [0, 0.05) is 34.3 Å². The maximum atomic E-state index is 12.9. The minimum atomic E-state index is -1.25. The summed E-state index contributed by atoms with van der Waals surface area (Å²) in [5.74, 6) is -1.36. The lowest BCUT2D eigenvalue weighted by Crippen LogP contribution is -2.41. The second-order valence-corrected chi connectivity index (χ2v) is 6.88. The van der Waals surface area contributed by atoms with Gasteiger partial charge in [0.15, 0.2) is 0 Å². The Hall–Kier alpha value is -1.89. The molecule has 0 unspecified atom stereocenters. The highest BCUT2D eigenvalue weighted by atomic mass is 32.2. The van der Waals surface area contributed by atoms with Crippen molar-refractivity contribution >= 4 is 23.4 Å². The lowest BCUT2D eigenvalue weighted by molar-refractivity contribution is -0.180. The van der Waals surface area contributed by atoms with Crippen molar-refractivity contribution in [3.8, 4) is 0 Å². The van der Waals surface area contributed by atoms with Crippen LogP contribution in [0.2, 0.25) is 0 Å². The van der Waals surface area contributed by atoms with Gasteiger partial charge < -0.3 is 14.4 Å². The molecule has 4 rings (SSSR count). The zero-order chi connectivity index (χ0) is 16.6. The molecule has 1 amide bonds. The summed E-state index contributed by atoms with van der Waals surface area (Å²) in [5, 5.41) is 0. The van der Waals surface area contributed by atoms with Gasteiger partial charge in [0.05, 0.1) is 18.9 Å². The smallest absolute Gasteiger partial charge is 0.292 e. The molecular formula is C18H18N2O3S. The highest BCUT2D eigenvalue weighted by Crippen LogP contribution is 2.47. The molecule has 5 nitrogen and oxygen atoms in total. The lowest BCUT2D eigenvalue weighted by Gasteiger charge is -2.21. The van der Waals surface area contributed by atoms with Crippen molar-refractivity contribution < 1.29 is 14.3 Å². The van der Waals surface area contributed by atoms with Crippen LogP contribution in [-0.2, 0) is 20.1 Å². The van der Waals surface area contributed by atoms with Gasteiger partial charge in [-0.05, 0) is 36.8 Å². The van der Waals surface area contributed by atoms with E-state index in [0.29, 0.717) is 19.8 Å². The van der Waals surface area contributed by atoms with Crippen molar-refractivity contribution in [1.29, 1.82) is 0 Å². The van der Waals surface area contributed by atoms with Crippen molar-refractivity contribution in [1.82, 2.24) is 4.98 Å². The van der Waals surface area contributed by atoms with Gasteiger partial charge >= 0.3 is 0 Å². The molecule has 6 heteroatoms. The van der Waals surface area contributed by atoms with E-state index in [9.17, 15) is 4.79 Å². The quantitative estimate of drug-likeness (QED) is 0.854. The molecule has 24 heavy (non-hydrogen) atoms. The number of pyridine rings is 1. The Morgan fingerprint density at radius 2 is 1.92 bits per heavy atom. The summed E-state index contributed by atoms with van der Waals surface area (Å²) in [6.07, 6.45) is 4.43. The number of carbonyl (C=O) groups is 1. The Morgan fingerprint density at radius 3 is 2.62 bits per heavy atom. The molecule has 1 saturated heterocycles. The summed E-state index contributed by atoms with van der Waals surface area (Å²) in [6, 6.07) is 9.97. The molecule has 1 fully saturated rings. The molecule has 1 spiro atoms. The largest absolute Gasteiger partial charge is 0.336 e. The van der Waals surface area contributed by atoms with E-state index in [2.05, 4.69) is 11.9 Å². The molecule has 0 saturated carbocycles. The first-order chi connectivity index (χ1) is 11.7. The van der Waals surface area contributed by atoms with Crippen LogP contribution >= 0.6 is 11.8 Å². The first-order valence-corrected chi connectivity index (χ1v) is 8.88. The van der Waals surface area contributed by atoms with Crippen molar-refractivity contribution in [2.75, 3.05) is 24.7 Å². The van der Waals surface area contributed by atoms with Crippen LogP contribution in [0.4, 0.5) is 5.69 Å². The number of hydrogen-bond donors (Lipinski definition) is 0. The minimum absolute atomic E-state index is 0.108. The van der Waals surface area contributed by atoms with Crippen LogP contribution in [-0.4, -0.2) is 30.6 Å². The third kappa shape index (κ3) is 2.42. The van der Waals surface area contributed by atoms with E-state index in [0.717, 1.165) is 27.5 Å². The van der Waals surface area contributed by atoms with E-state index in [-0.39, 0.29) is 5.91 Å². The van der Waals surface area contributed by atoms with Gasteiger partial charge in [0.25, 0.3) is 11.7 Å². The van der Waals surface area contributed by atoms with Gasteiger partial charge in [-0.1, -0.05) is 18.7 Å². The minimum Gasteiger partial charge on any atom is -0.336 e. The van der Waals surface area contributed by atoms with Crippen molar-refractivity contribution in [2.45, 2.75) is 28.9 Å². The summed E-state index contributed by atoms with van der Waals surface area (Å²) in [6.45, 7) is 3.60. The molecule has 2 aliphatic rings. The van der Waals surface area contributed by atoms with Crippen LogP contribution in [0.15, 0.2) is 52.5 Å². The van der Waals surface area contributed by atoms with Crippen LogP contribution in [0.25, 0.3) is 0 Å². The first-order valence-electron chi connectivity index (χ1n) is 8.07. The third-order valence-corrected chi connectivity index (χ3v) is 5.16. The number of amides is 1. The molecular weight excluding hydrogens is 324 g/mol. The van der Waals surface area contributed by atoms with Gasteiger partial charge in [0.2, 0.25) is 0 Å². The number of hydrogen-bond acceptors (Lipinski definition) is 5. The number of nitrogens with zero attached hydrogens (tertiary/aromatic N) is 2. The maximum Gasteiger partial charge on any atom is 0.292 e. The second kappa shape index (κ2) is 6.20. The Kier molecular flexibility index (Phi) is 4.04. The van der Waals surface area contributed by atoms with E-state index in [1.54, 1.807) is 29.1 Å². The molecule has 2 aliphatic heterocycles. The number of rotatable bonds is 4. The summed E-state index contributed by atoms with van der Waals surface area (Å²) in [4.78, 5) is 20.9. The number of anilines is 1. The average molecular weight is 342 g/mol. The van der Waals surface area contributed by atoms with Crippen LogP contribution in [0, 0.1) is 0 Å². The highest BCUT2D eigenvalue weighted by Gasteiger charge is 2.55. The molecule has 0 radical (unpaired) electrons. The summed E-state index contributed by atoms with van der Waals surface area (Å²) in [5.41, 5.74) is 1.71. The van der Waals surface area contributed by atoms with Crippen molar-refractivity contribution in [2.24, 2.45) is 0 Å². The van der Waals surface area contributed by atoms with Crippen LogP contribution in [0.1, 0.15) is 18.9 Å². The maximum absolute atomic E-state index is 12.9. The number of benzene rings is 1. The van der Waals surface area contributed by atoms with Crippen LogP contribution in [0.5, 0.6) is 0 Å². The molecule has 0 bridgehead atoms. The molecule has 124 valence electrons. The number of ether oxygens (including phenoxy) is 2. The SMILES string of the molecule is CCCN1C(=O)C2(OCCO2)c2cc(Sc3ccncc3)ccc21. The standard InChI is InChI=1S/C18H18N2O3S/c1-2-9-20-16-4-3-14(24-13-5-7-19-8-6-13)12-15(16)18(17(20)21)22-10-11-23-18/h3-8,12H,2,9-11H2,1H3. The molecule has 0 atom stereocenters. The van der Waals surface area contributed by atoms with Crippen LogP contribution in [0.3, 0.4) is 0 Å². The second-order valence-electron chi connectivity index (χ2n) is 5.73. The van der Waals surface area contributed by atoms with Gasteiger partial charge in [-0.3, -0.25) is 9.78 Å². The monoisotopic (exact) mass is 342 g/mol. The predicted octanol–water partition coefficient (Wildman–Crippen LogP) is 3.19. The first kappa shape index (κ1) is 15.6. The highest BCUT2D eigenvalue weighted by molar-refractivity contribution is 7.99. The topological polar surface area (TPSA) is 51.7 Å². The third-order valence-electron chi connectivity index (χ3n) is 4.17. The molecule has 3 heterocycles. The Balaban J connectivity index is 1.74. The zero-order valence-electron chi connectivity index (χ0n) is 13.4. The van der Waals surface area contributed by atoms with E-state index in [1.807, 2.05) is 30.3 Å². The van der Waals surface area contributed by atoms with Crippen molar-refractivity contribution in [3.05, 3.63) is 48.3 Å². The fourth-order valence-corrected chi connectivity index (χ4v) is 4.00. The van der Waals surface area contributed by atoms with Crippen molar-refractivity contribution in [3.63, 3.8) is 0 Å². The molecule has 0 aliphatic carbocycles. The van der Waals surface area contributed by atoms with E-state index in [1.165, 1.54) is 0 Å². The van der Waals surface area contributed by atoms with E-state index < -0.39 is 5.79 Å². The fraction of sp³-hybridized carbons (Fsp3) is 0.333. The summed E-state index contributed by atoms with van der Waals surface area (Å²) in [7, 11) is 0. The molecule has 1 aromatic carbocycles. The molecule has 2 aromatic rings. The van der Waals surface area contributed by atoms with Gasteiger partial charge in [-0.2, -0.15) is 0 Å². The Labute approximate surface area is 145 Å². The normalized spacial score (nSPS) is 18.4. The average Bonchev–Trinajstić information content (AvgIpc) is 3.18. The Bertz CT molecular complexity index is 760. The fourth-order valence-electron chi connectivity index (χ4n) is 3.16. The zero-order valence-corrected chi connectivity index (χ0v) is 14.2. The number of carbonyl (C=O) groups excluding carboxylic acids is 1. The molecule has 1 aromatic heterocycles. The number of fused-ring (bicyclic) bond motifs is 2. The molecule has 0 N–H and O–H groups in total. The van der Waals surface area contributed by atoms with Gasteiger partial charge in [0.1, 0.15) is 0 Å². The van der Waals surface area contributed by atoms with Gasteiger partial charge in [-0.25, -0.2) is 0 Å².